The third-order valence-corrected chi connectivity index (χ3v) is 4.15. The minimum absolute atomic E-state index is 0.161. The van der Waals surface area contributed by atoms with Gasteiger partial charge in [0.25, 0.3) is 11.8 Å². The first-order chi connectivity index (χ1) is 14.6. The van der Waals surface area contributed by atoms with Gasteiger partial charge in [0.2, 0.25) is 0 Å². The minimum Gasteiger partial charge on any atom is -0.481 e. The standard InChI is InChI=1S/C21H16ClFN4O3/c1-13(19-26-27-21(30-19)25-15-5-3-2-4-6-15)28-16-7-9-17(10-8-16)29-20-18(23)11-14(22)12-24-20/h2-13H,1H3,(H,25,27)/t13-/m1/s1. The third kappa shape index (κ3) is 4.84. The van der Waals surface area contributed by atoms with E-state index >= 15 is 0 Å². The van der Waals surface area contributed by atoms with Crippen molar-refractivity contribution in [3.8, 4) is 17.4 Å². The molecule has 152 valence electrons. The van der Waals surface area contributed by atoms with Gasteiger partial charge in [0.05, 0.1) is 5.02 Å². The second-order valence-electron chi connectivity index (χ2n) is 6.21. The Morgan fingerprint density at radius 3 is 2.50 bits per heavy atom. The number of halogens is 2. The van der Waals surface area contributed by atoms with Gasteiger partial charge in [-0.3, -0.25) is 0 Å². The zero-order valence-electron chi connectivity index (χ0n) is 15.8. The first-order valence-electron chi connectivity index (χ1n) is 8.98. The summed E-state index contributed by atoms with van der Waals surface area (Å²) in [6, 6.07) is 17.5. The molecule has 30 heavy (non-hydrogen) atoms. The number of hydrogen-bond donors (Lipinski definition) is 1. The summed E-state index contributed by atoms with van der Waals surface area (Å²) >= 11 is 5.69. The Morgan fingerprint density at radius 2 is 1.77 bits per heavy atom. The molecular weight excluding hydrogens is 411 g/mol. The van der Waals surface area contributed by atoms with Crippen LogP contribution in [0.15, 0.2) is 71.3 Å². The second kappa shape index (κ2) is 8.79. The first kappa shape index (κ1) is 19.7. The highest BCUT2D eigenvalue weighted by atomic mass is 35.5. The van der Waals surface area contributed by atoms with Crippen molar-refractivity contribution in [1.82, 2.24) is 15.2 Å². The van der Waals surface area contributed by atoms with Crippen molar-refractivity contribution in [2.24, 2.45) is 0 Å². The molecule has 0 unspecified atom stereocenters. The highest BCUT2D eigenvalue weighted by Crippen LogP contribution is 2.28. The van der Waals surface area contributed by atoms with Crippen molar-refractivity contribution in [3.05, 3.63) is 83.6 Å². The zero-order chi connectivity index (χ0) is 20.9. The fraction of sp³-hybridized carbons (Fsp3) is 0.0952. The number of anilines is 2. The number of rotatable bonds is 7. The molecule has 2 heterocycles. The smallest absolute Gasteiger partial charge is 0.320 e. The van der Waals surface area contributed by atoms with Crippen molar-refractivity contribution >= 4 is 23.3 Å². The average Bonchev–Trinajstić information content (AvgIpc) is 3.21. The SMILES string of the molecule is C[C@@H](Oc1ccc(Oc2ncc(Cl)cc2F)cc1)c1nnc(Nc2ccccc2)o1. The summed E-state index contributed by atoms with van der Waals surface area (Å²) in [5.41, 5.74) is 0.837. The Morgan fingerprint density at radius 1 is 1.03 bits per heavy atom. The lowest BCUT2D eigenvalue weighted by Gasteiger charge is -2.12. The molecule has 4 aromatic rings. The van der Waals surface area contributed by atoms with Crippen molar-refractivity contribution in [3.63, 3.8) is 0 Å². The van der Waals surface area contributed by atoms with Crippen LogP contribution in [0.3, 0.4) is 0 Å². The van der Waals surface area contributed by atoms with E-state index in [0.29, 0.717) is 17.4 Å². The summed E-state index contributed by atoms with van der Waals surface area (Å²) in [5.74, 6) is 0.464. The minimum atomic E-state index is -0.646. The van der Waals surface area contributed by atoms with Crippen molar-refractivity contribution in [2.45, 2.75) is 13.0 Å². The fourth-order valence-corrected chi connectivity index (χ4v) is 2.67. The van der Waals surface area contributed by atoms with Crippen LogP contribution in [-0.4, -0.2) is 15.2 Å². The maximum absolute atomic E-state index is 13.8. The molecule has 9 heteroatoms. The highest BCUT2D eigenvalue weighted by molar-refractivity contribution is 6.30. The maximum atomic E-state index is 13.8. The molecule has 0 bridgehead atoms. The van der Waals surface area contributed by atoms with Gasteiger partial charge in [-0.2, -0.15) is 0 Å². The van der Waals surface area contributed by atoms with Crippen LogP contribution in [0.5, 0.6) is 17.4 Å². The van der Waals surface area contributed by atoms with Gasteiger partial charge < -0.3 is 19.2 Å². The summed E-state index contributed by atoms with van der Waals surface area (Å²) in [5, 5.41) is 11.2. The lowest BCUT2D eigenvalue weighted by molar-refractivity contribution is 0.190. The van der Waals surface area contributed by atoms with E-state index < -0.39 is 11.9 Å². The van der Waals surface area contributed by atoms with Crippen LogP contribution in [0, 0.1) is 5.82 Å². The Kier molecular flexibility index (Phi) is 5.76. The normalized spacial score (nSPS) is 11.7. The van der Waals surface area contributed by atoms with E-state index in [9.17, 15) is 4.39 Å². The van der Waals surface area contributed by atoms with E-state index in [2.05, 4.69) is 20.5 Å². The van der Waals surface area contributed by atoms with Gasteiger partial charge in [0.1, 0.15) is 11.5 Å². The fourth-order valence-electron chi connectivity index (χ4n) is 2.52. The highest BCUT2D eigenvalue weighted by Gasteiger charge is 2.16. The van der Waals surface area contributed by atoms with Gasteiger partial charge in [-0.25, -0.2) is 9.37 Å². The van der Waals surface area contributed by atoms with Crippen LogP contribution in [0.25, 0.3) is 0 Å². The summed E-state index contributed by atoms with van der Waals surface area (Å²) in [4.78, 5) is 3.82. The van der Waals surface area contributed by atoms with Crippen molar-refractivity contribution in [1.29, 1.82) is 0 Å². The summed E-state index contributed by atoms with van der Waals surface area (Å²) in [6.45, 7) is 1.79. The number of nitrogens with zero attached hydrogens (tertiary/aromatic N) is 3. The van der Waals surface area contributed by atoms with Crippen LogP contribution in [0.4, 0.5) is 16.1 Å². The van der Waals surface area contributed by atoms with Crippen LogP contribution < -0.4 is 14.8 Å². The number of hydrogen-bond acceptors (Lipinski definition) is 7. The van der Waals surface area contributed by atoms with Gasteiger partial charge in [-0.1, -0.05) is 34.9 Å². The Hall–Kier alpha value is -3.65. The molecule has 0 amide bonds. The van der Waals surface area contributed by atoms with E-state index in [1.807, 2.05) is 30.3 Å². The molecule has 0 aliphatic rings. The van der Waals surface area contributed by atoms with E-state index in [1.165, 1.54) is 6.20 Å². The van der Waals surface area contributed by atoms with Gasteiger partial charge in [0.15, 0.2) is 11.9 Å². The monoisotopic (exact) mass is 426 g/mol. The molecule has 0 spiro atoms. The van der Waals surface area contributed by atoms with Crippen LogP contribution in [-0.2, 0) is 0 Å². The van der Waals surface area contributed by atoms with Crippen LogP contribution in [0.1, 0.15) is 18.9 Å². The average molecular weight is 427 g/mol. The van der Waals surface area contributed by atoms with E-state index in [4.69, 9.17) is 25.5 Å². The molecule has 0 saturated carbocycles. The van der Waals surface area contributed by atoms with E-state index in [1.54, 1.807) is 31.2 Å². The molecule has 2 aromatic carbocycles. The molecule has 4 rings (SSSR count). The van der Waals surface area contributed by atoms with Crippen molar-refractivity contribution < 1.29 is 18.3 Å². The lowest BCUT2D eigenvalue weighted by Crippen LogP contribution is -2.03. The Balaban J connectivity index is 1.37. The predicted molar refractivity (Wildman–Crippen MR) is 109 cm³/mol. The largest absolute Gasteiger partial charge is 0.481 e. The number of para-hydroxylation sites is 1. The molecule has 1 N–H and O–H groups in total. The number of pyridine rings is 1. The molecule has 0 fully saturated rings. The maximum Gasteiger partial charge on any atom is 0.320 e. The molecule has 2 aromatic heterocycles. The number of nitrogens with one attached hydrogen (secondary N) is 1. The third-order valence-electron chi connectivity index (χ3n) is 3.94. The second-order valence-corrected chi connectivity index (χ2v) is 6.65. The molecule has 1 atom stereocenters. The Labute approximate surface area is 176 Å². The van der Waals surface area contributed by atoms with Gasteiger partial charge >= 0.3 is 6.01 Å². The lowest BCUT2D eigenvalue weighted by atomic mass is 10.3. The quantitative estimate of drug-likeness (QED) is 0.392. The molecule has 0 aliphatic carbocycles. The number of benzene rings is 2. The van der Waals surface area contributed by atoms with E-state index in [0.717, 1.165) is 11.8 Å². The zero-order valence-corrected chi connectivity index (χ0v) is 16.5. The molecule has 7 nitrogen and oxygen atoms in total. The molecule has 0 aliphatic heterocycles. The molecule has 0 radical (unpaired) electrons. The topological polar surface area (TPSA) is 82.3 Å². The molecular formula is C21H16ClFN4O3. The van der Waals surface area contributed by atoms with E-state index in [-0.39, 0.29) is 16.9 Å². The van der Waals surface area contributed by atoms with Crippen LogP contribution >= 0.6 is 11.6 Å². The predicted octanol–water partition coefficient (Wildman–Crippen LogP) is 5.93. The summed E-state index contributed by atoms with van der Waals surface area (Å²) in [6.07, 6.45) is 0.829. The number of ether oxygens (including phenoxy) is 2. The summed E-state index contributed by atoms with van der Waals surface area (Å²) in [7, 11) is 0. The molecule has 0 saturated heterocycles. The van der Waals surface area contributed by atoms with Crippen molar-refractivity contribution in [2.75, 3.05) is 5.32 Å². The van der Waals surface area contributed by atoms with Gasteiger partial charge in [-0.05, 0) is 49.4 Å². The van der Waals surface area contributed by atoms with Gasteiger partial charge in [0, 0.05) is 11.9 Å². The Bertz CT molecular complexity index is 1120. The number of aromatic nitrogens is 3. The first-order valence-corrected chi connectivity index (χ1v) is 9.36. The van der Waals surface area contributed by atoms with Gasteiger partial charge in [-0.15, -0.1) is 5.10 Å². The summed E-state index contributed by atoms with van der Waals surface area (Å²) < 4.78 is 30.6. The van der Waals surface area contributed by atoms with Crippen LogP contribution in [0.2, 0.25) is 5.02 Å².